The van der Waals surface area contributed by atoms with Crippen LogP contribution in [-0.2, 0) is 4.79 Å². The number of nitrogens with zero attached hydrogens (tertiary/aromatic N) is 3. The van der Waals surface area contributed by atoms with Crippen molar-refractivity contribution in [2.24, 2.45) is 0 Å². The van der Waals surface area contributed by atoms with Crippen LogP contribution in [0, 0.1) is 0 Å². The molecule has 0 aliphatic carbocycles. The Morgan fingerprint density at radius 3 is 2.88 bits per heavy atom. The molecule has 88 valence electrons. The molecule has 1 aromatic carbocycles. The molecule has 0 aliphatic heterocycles. The summed E-state index contributed by atoms with van der Waals surface area (Å²) >= 11 is 11.5. The maximum atomic E-state index is 11.1. The fourth-order valence-corrected chi connectivity index (χ4v) is 1.63. The van der Waals surface area contributed by atoms with Gasteiger partial charge in [-0.05, 0) is 18.2 Å². The third-order valence-corrected chi connectivity index (χ3v) is 2.56. The van der Waals surface area contributed by atoms with Gasteiger partial charge in [0.05, 0.1) is 10.7 Å². The number of amides is 1. The first-order chi connectivity index (χ1) is 8.20. The number of hydrogen-bond acceptors (Lipinski definition) is 3. The van der Waals surface area contributed by atoms with E-state index in [1.165, 1.54) is 17.3 Å². The monoisotopic (exact) mass is 270 g/mol. The molecule has 1 amide bonds. The van der Waals surface area contributed by atoms with Crippen LogP contribution in [-0.4, -0.2) is 26.6 Å². The molecule has 5 nitrogen and oxygen atoms in total. The van der Waals surface area contributed by atoms with Crippen molar-refractivity contribution < 1.29 is 4.79 Å². The maximum Gasteiger partial charge on any atom is 0.239 e. The van der Waals surface area contributed by atoms with Crippen molar-refractivity contribution >= 4 is 34.8 Å². The minimum Gasteiger partial charge on any atom is -0.325 e. The Balaban J connectivity index is 2.26. The van der Waals surface area contributed by atoms with E-state index >= 15 is 0 Å². The van der Waals surface area contributed by atoms with Crippen molar-refractivity contribution in [1.29, 1.82) is 0 Å². The predicted molar refractivity (Wildman–Crippen MR) is 65.7 cm³/mol. The average Bonchev–Trinajstić information content (AvgIpc) is 2.82. The SMILES string of the molecule is O=C(CCl)Nc1ccc(-n2cncn2)c(Cl)c1. The van der Waals surface area contributed by atoms with Crippen LogP contribution in [0.4, 0.5) is 5.69 Å². The Kier molecular flexibility index (Phi) is 3.61. The summed E-state index contributed by atoms with van der Waals surface area (Å²) in [6.07, 6.45) is 2.96. The molecule has 2 aromatic rings. The summed E-state index contributed by atoms with van der Waals surface area (Å²) < 4.78 is 1.54. The molecule has 0 atom stereocenters. The van der Waals surface area contributed by atoms with Crippen LogP contribution in [0.1, 0.15) is 0 Å². The van der Waals surface area contributed by atoms with E-state index in [9.17, 15) is 4.79 Å². The number of hydrogen-bond donors (Lipinski definition) is 1. The Labute approximate surface area is 107 Å². The van der Waals surface area contributed by atoms with Crippen LogP contribution in [0.25, 0.3) is 5.69 Å². The van der Waals surface area contributed by atoms with Gasteiger partial charge < -0.3 is 5.32 Å². The Bertz CT molecular complexity index is 527. The lowest BCUT2D eigenvalue weighted by Crippen LogP contribution is -2.12. The van der Waals surface area contributed by atoms with Gasteiger partial charge in [0.1, 0.15) is 18.5 Å². The van der Waals surface area contributed by atoms with Crippen LogP contribution >= 0.6 is 23.2 Å². The smallest absolute Gasteiger partial charge is 0.239 e. The average molecular weight is 271 g/mol. The van der Waals surface area contributed by atoms with Crippen LogP contribution in [0.3, 0.4) is 0 Å². The van der Waals surface area contributed by atoms with Gasteiger partial charge in [-0.15, -0.1) is 11.6 Å². The second-order valence-corrected chi connectivity index (χ2v) is 3.86. The Hall–Kier alpha value is -1.59. The summed E-state index contributed by atoms with van der Waals surface area (Å²) in [7, 11) is 0. The lowest BCUT2D eigenvalue weighted by Gasteiger charge is -2.07. The molecule has 0 spiro atoms. The van der Waals surface area contributed by atoms with E-state index < -0.39 is 0 Å². The normalized spacial score (nSPS) is 10.2. The minimum absolute atomic E-state index is 0.0948. The van der Waals surface area contributed by atoms with Crippen molar-refractivity contribution in [2.45, 2.75) is 0 Å². The van der Waals surface area contributed by atoms with E-state index in [4.69, 9.17) is 23.2 Å². The predicted octanol–water partition coefficient (Wildman–Crippen LogP) is 2.10. The molecular weight excluding hydrogens is 263 g/mol. The summed E-state index contributed by atoms with van der Waals surface area (Å²) in [5, 5.41) is 7.03. The molecule has 0 unspecified atom stereocenters. The van der Waals surface area contributed by atoms with E-state index in [-0.39, 0.29) is 11.8 Å². The number of alkyl halides is 1. The van der Waals surface area contributed by atoms with Gasteiger partial charge >= 0.3 is 0 Å². The van der Waals surface area contributed by atoms with Gasteiger partial charge in [-0.3, -0.25) is 4.79 Å². The van der Waals surface area contributed by atoms with Crippen molar-refractivity contribution in [1.82, 2.24) is 14.8 Å². The molecule has 0 saturated heterocycles. The molecule has 7 heteroatoms. The van der Waals surface area contributed by atoms with Crippen LogP contribution in [0.5, 0.6) is 0 Å². The molecule has 1 heterocycles. The fourth-order valence-electron chi connectivity index (χ4n) is 1.30. The Morgan fingerprint density at radius 2 is 2.29 bits per heavy atom. The van der Waals surface area contributed by atoms with Crippen molar-refractivity contribution in [2.75, 3.05) is 11.2 Å². The topological polar surface area (TPSA) is 59.8 Å². The Morgan fingerprint density at radius 1 is 1.47 bits per heavy atom. The largest absolute Gasteiger partial charge is 0.325 e. The van der Waals surface area contributed by atoms with Crippen molar-refractivity contribution in [3.05, 3.63) is 35.9 Å². The number of anilines is 1. The third kappa shape index (κ3) is 2.75. The molecule has 1 N–H and O–H groups in total. The second-order valence-electron chi connectivity index (χ2n) is 3.19. The number of carbonyl (C=O) groups excluding carboxylic acids is 1. The van der Waals surface area contributed by atoms with Crippen molar-refractivity contribution in [3.8, 4) is 5.69 Å². The molecule has 0 fully saturated rings. The van der Waals surface area contributed by atoms with Crippen molar-refractivity contribution in [3.63, 3.8) is 0 Å². The maximum absolute atomic E-state index is 11.1. The third-order valence-electron chi connectivity index (χ3n) is 2.02. The molecule has 1 aromatic heterocycles. The van der Waals surface area contributed by atoms with E-state index in [0.717, 1.165) is 0 Å². The number of aromatic nitrogens is 3. The highest BCUT2D eigenvalue weighted by Crippen LogP contribution is 2.23. The molecule has 0 bridgehead atoms. The first-order valence-corrected chi connectivity index (χ1v) is 5.62. The molecule has 17 heavy (non-hydrogen) atoms. The first kappa shape index (κ1) is 11.9. The summed E-state index contributed by atoms with van der Waals surface area (Å²) in [6.45, 7) is 0. The van der Waals surface area contributed by atoms with E-state index in [1.54, 1.807) is 18.2 Å². The zero-order valence-corrected chi connectivity index (χ0v) is 10.1. The molecule has 0 aliphatic rings. The molecule has 2 rings (SSSR count). The summed E-state index contributed by atoms with van der Waals surface area (Å²) in [6, 6.07) is 5.08. The van der Waals surface area contributed by atoms with Gasteiger partial charge in [0.15, 0.2) is 0 Å². The molecule has 0 saturated carbocycles. The van der Waals surface area contributed by atoms with Gasteiger partial charge in [-0.25, -0.2) is 9.67 Å². The minimum atomic E-state index is -0.281. The molecule has 0 radical (unpaired) electrons. The first-order valence-electron chi connectivity index (χ1n) is 4.71. The van der Waals surface area contributed by atoms with Crippen LogP contribution < -0.4 is 5.32 Å². The zero-order valence-electron chi connectivity index (χ0n) is 8.60. The lowest BCUT2D eigenvalue weighted by molar-refractivity contribution is -0.113. The summed E-state index contributed by atoms with van der Waals surface area (Å²) in [4.78, 5) is 14.9. The lowest BCUT2D eigenvalue weighted by atomic mass is 10.3. The fraction of sp³-hybridized carbons (Fsp3) is 0.100. The van der Waals surface area contributed by atoms with Gasteiger partial charge in [0.2, 0.25) is 5.91 Å². The van der Waals surface area contributed by atoms with E-state index in [1.807, 2.05) is 0 Å². The van der Waals surface area contributed by atoms with Gasteiger partial charge in [0.25, 0.3) is 0 Å². The summed E-state index contributed by atoms with van der Waals surface area (Å²) in [5.41, 5.74) is 1.28. The summed E-state index contributed by atoms with van der Waals surface area (Å²) in [5.74, 6) is -0.376. The highest BCUT2D eigenvalue weighted by molar-refractivity contribution is 6.33. The number of carbonyl (C=O) groups is 1. The quantitative estimate of drug-likeness (QED) is 0.869. The van der Waals surface area contributed by atoms with Crippen LogP contribution in [0.2, 0.25) is 5.02 Å². The number of halogens is 2. The standard InChI is InChI=1S/C10H8Cl2N4O/c11-4-10(17)15-7-1-2-9(8(12)3-7)16-6-13-5-14-16/h1-3,5-6H,4H2,(H,15,17). The highest BCUT2D eigenvalue weighted by Gasteiger charge is 2.06. The van der Waals surface area contributed by atoms with E-state index in [0.29, 0.717) is 16.4 Å². The van der Waals surface area contributed by atoms with Gasteiger partial charge in [-0.1, -0.05) is 11.6 Å². The van der Waals surface area contributed by atoms with Crippen LogP contribution in [0.15, 0.2) is 30.9 Å². The zero-order chi connectivity index (χ0) is 12.3. The molecular formula is C10H8Cl2N4O. The second kappa shape index (κ2) is 5.16. The highest BCUT2D eigenvalue weighted by atomic mass is 35.5. The number of nitrogens with one attached hydrogen (secondary N) is 1. The van der Waals surface area contributed by atoms with E-state index in [2.05, 4.69) is 15.4 Å². The van der Waals surface area contributed by atoms with Gasteiger partial charge in [0, 0.05) is 5.69 Å². The number of rotatable bonds is 3. The number of benzene rings is 1. The van der Waals surface area contributed by atoms with Gasteiger partial charge in [-0.2, -0.15) is 5.10 Å².